The fraction of sp³-hybridized carbons (Fsp3) is 0.462. The predicted octanol–water partition coefficient (Wildman–Crippen LogP) is 9.83. The molecule has 5 rings (SSSR count). The number of nitrogens with zero attached hydrogens (tertiary/aromatic N) is 2. The molecule has 4 aromatic rings. The molecule has 2 N–H and O–H groups in total. The van der Waals surface area contributed by atoms with Gasteiger partial charge in [0.2, 0.25) is 0 Å². The number of piperazine rings is 1. The van der Waals surface area contributed by atoms with Crippen molar-refractivity contribution in [3.05, 3.63) is 113 Å². The molecule has 0 aliphatic carbocycles. The standard InChI is InChI=1S/C39H52N4.3ClH/c1-27(2)39(43-23-21-40-22-24-43,35-28(3)41-36(42-35)29-15-11-10-12-16-29)34(30-17-13-19-32(25-30)37(4,5)6)31-18-14-20-33(26-31)38(7,8)9;;;/h10-20,25-27,34,40H,21-24H2,1-9H3,(H,41,42);3*1H. The van der Waals surface area contributed by atoms with Gasteiger partial charge in [0.15, 0.2) is 0 Å². The normalized spacial score (nSPS) is 15.5. The molecule has 2 heterocycles. The second-order valence-corrected chi connectivity index (χ2v) is 14.8. The van der Waals surface area contributed by atoms with Crippen molar-refractivity contribution >= 4 is 37.2 Å². The predicted molar refractivity (Wildman–Crippen MR) is 204 cm³/mol. The smallest absolute Gasteiger partial charge is 0.137 e. The summed E-state index contributed by atoms with van der Waals surface area (Å²) in [6, 6.07) is 29.4. The molecular weight excluding hydrogens is 631 g/mol. The highest BCUT2D eigenvalue weighted by Crippen LogP contribution is 2.52. The van der Waals surface area contributed by atoms with Gasteiger partial charge in [0.25, 0.3) is 0 Å². The summed E-state index contributed by atoms with van der Waals surface area (Å²) in [5.41, 5.74) is 8.58. The van der Waals surface area contributed by atoms with E-state index in [0.29, 0.717) is 0 Å². The molecule has 1 aliphatic rings. The summed E-state index contributed by atoms with van der Waals surface area (Å²) in [7, 11) is 0. The van der Waals surface area contributed by atoms with E-state index < -0.39 is 0 Å². The summed E-state index contributed by atoms with van der Waals surface area (Å²) in [6.07, 6.45) is 0. The van der Waals surface area contributed by atoms with Crippen molar-refractivity contribution in [2.45, 2.75) is 84.6 Å². The molecule has 0 saturated carbocycles. The Bertz CT molecular complexity index is 1470. The molecule has 3 aromatic carbocycles. The van der Waals surface area contributed by atoms with Gasteiger partial charge in [-0.05, 0) is 45.9 Å². The Kier molecular flexibility index (Phi) is 13.6. The maximum absolute atomic E-state index is 5.55. The van der Waals surface area contributed by atoms with Crippen LogP contribution in [0.1, 0.15) is 94.9 Å². The summed E-state index contributed by atoms with van der Waals surface area (Å²) >= 11 is 0. The van der Waals surface area contributed by atoms with Gasteiger partial charge in [0.1, 0.15) is 5.82 Å². The highest BCUT2D eigenvalue weighted by atomic mass is 35.5. The van der Waals surface area contributed by atoms with Gasteiger partial charge in [-0.3, -0.25) is 4.90 Å². The van der Waals surface area contributed by atoms with Gasteiger partial charge < -0.3 is 10.3 Å². The van der Waals surface area contributed by atoms with E-state index in [9.17, 15) is 0 Å². The van der Waals surface area contributed by atoms with E-state index in [-0.39, 0.29) is 65.4 Å². The second-order valence-electron chi connectivity index (χ2n) is 14.8. The van der Waals surface area contributed by atoms with E-state index in [1.165, 1.54) is 22.3 Å². The maximum atomic E-state index is 5.55. The summed E-state index contributed by atoms with van der Waals surface area (Å²) < 4.78 is 0. The van der Waals surface area contributed by atoms with E-state index in [4.69, 9.17) is 4.98 Å². The lowest BCUT2D eigenvalue weighted by Gasteiger charge is -2.53. The monoisotopic (exact) mass is 684 g/mol. The largest absolute Gasteiger partial charge is 0.342 e. The molecule has 1 aromatic heterocycles. The van der Waals surface area contributed by atoms with Crippen LogP contribution in [-0.2, 0) is 16.4 Å². The minimum Gasteiger partial charge on any atom is -0.342 e. The van der Waals surface area contributed by atoms with E-state index in [1.807, 2.05) is 0 Å². The molecule has 0 bridgehead atoms. The van der Waals surface area contributed by atoms with Gasteiger partial charge >= 0.3 is 0 Å². The SMILES string of the molecule is Cc1[nH]c(-c2ccccc2)nc1C(C(C)C)(C(c1cccc(C(C)(C)C)c1)c1cccc(C(C)(C)C)c1)N1CCNCC1.Cl.Cl.Cl. The zero-order chi connectivity index (χ0) is 31.0. The molecule has 4 nitrogen and oxygen atoms in total. The number of aromatic nitrogens is 2. The number of H-pyrrole nitrogens is 1. The molecule has 7 heteroatoms. The number of hydrogen-bond donors (Lipinski definition) is 2. The molecule has 46 heavy (non-hydrogen) atoms. The van der Waals surface area contributed by atoms with Gasteiger partial charge in [0, 0.05) is 43.4 Å². The average molecular weight is 686 g/mol. The summed E-state index contributed by atoms with van der Waals surface area (Å²) in [5, 5.41) is 3.63. The lowest BCUT2D eigenvalue weighted by molar-refractivity contribution is 0.0108. The molecule has 1 aliphatic heterocycles. The van der Waals surface area contributed by atoms with Crippen LogP contribution in [0.5, 0.6) is 0 Å². The lowest BCUT2D eigenvalue weighted by atomic mass is 9.64. The molecule has 1 fully saturated rings. The quantitative estimate of drug-likeness (QED) is 0.204. The highest BCUT2D eigenvalue weighted by Gasteiger charge is 2.52. The Balaban J connectivity index is 0.00000245. The maximum Gasteiger partial charge on any atom is 0.137 e. The Morgan fingerprint density at radius 1 is 0.696 bits per heavy atom. The molecule has 0 spiro atoms. The van der Waals surface area contributed by atoms with Crippen LogP contribution in [0.15, 0.2) is 78.9 Å². The number of benzene rings is 3. The minimum absolute atomic E-state index is 0. The Morgan fingerprint density at radius 3 is 1.65 bits per heavy atom. The third-order valence-corrected chi connectivity index (χ3v) is 9.44. The molecule has 1 saturated heterocycles. The van der Waals surface area contributed by atoms with Crippen molar-refractivity contribution in [2.75, 3.05) is 26.2 Å². The first-order valence-electron chi connectivity index (χ1n) is 16.1. The van der Waals surface area contributed by atoms with Crippen LogP contribution in [0.3, 0.4) is 0 Å². The van der Waals surface area contributed by atoms with Gasteiger partial charge in [-0.25, -0.2) is 4.98 Å². The van der Waals surface area contributed by atoms with Crippen LogP contribution in [0.2, 0.25) is 0 Å². The zero-order valence-electron chi connectivity index (χ0n) is 29.1. The molecule has 252 valence electrons. The third kappa shape index (κ3) is 7.85. The Hall–Kier alpha value is -2.34. The zero-order valence-corrected chi connectivity index (χ0v) is 31.6. The van der Waals surface area contributed by atoms with E-state index >= 15 is 0 Å². The molecule has 0 amide bonds. The van der Waals surface area contributed by atoms with Crippen LogP contribution in [0.25, 0.3) is 11.4 Å². The lowest BCUT2D eigenvalue weighted by Crippen LogP contribution is -2.60. The van der Waals surface area contributed by atoms with Crippen molar-refractivity contribution in [1.29, 1.82) is 0 Å². The van der Waals surface area contributed by atoms with Crippen LogP contribution < -0.4 is 5.32 Å². The van der Waals surface area contributed by atoms with Crippen LogP contribution in [0, 0.1) is 12.8 Å². The number of aromatic amines is 1. The van der Waals surface area contributed by atoms with Gasteiger partial charge in [0.05, 0.1) is 11.2 Å². The second kappa shape index (κ2) is 15.7. The number of hydrogen-bond acceptors (Lipinski definition) is 3. The summed E-state index contributed by atoms with van der Waals surface area (Å²) in [5.74, 6) is 1.29. The van der Waals surface area contributed by atoms with E-state index in [0.717, 1.165) is 49.0 Å². The minimum atomic E-state index is -0.386. The van der Waals surface area contributed by atoms with Crippen molar-refractivity contribution < 1.29 is 0 Å². The molecular formula is C39H55Cl3N4. The van der Waals surface area contributed by atoms with Crippen LogP contribution >= 0.6 is 37.2 Å². The Labute approximate surface area is 296 Å². The molecule has 0 radical (unpaired) electrons. The number of imidazole rings is 1. The fourth-order valence-electron chi connectivity index (χ4n) is 7.13. The average Bonchev–Trinajstić information content (AvgIpc) is 3.37. The molecule has 1 atom stereocenters. The van der Waals surface area contributed by atoms with Gasteiger partial charge in [-0.15, -0.1) is 37.2 Å². The van der Waals surface area contributed by atoms with Crippen molar-refractivity contribution in [3.8, 4) is 11.4 Å². The third-order valence-electron chi connectivity index (χ3n) is 9.44. The van der Waals surface area contributed by atoms with Crippen LogP contribution in [0.4, 0.5) is 0 Å². The Morgan fingerprint density at radius 2 is 1.20 bits per heavy atom. The van der Waals surface area contributed by atoms with Crippen molar-refractivity contribution in [3.63, 3.8) is 0 Å². The summed E-state index contributed by atoms with van der Waals surface area (Å²) in [4.78, 5) is 12.0. The number of halogens is 3. The topological polar surface area (TPSA) is 44.0 Å². The number of aryl methyl sites for hydroxylation is 1. The van der Waals surface area contributed by atoms with Gasteiger partial charge in [-0.2, -0.15) is 0 Å². The first kappa shape index (κ1) is 39.8. The molecule has 1 unspecified atom stereocenters. The van der Waals surface area contributed by atoms with Crippen molar-refractivity contribution in [2.24, 2.45) is 5.92 Å². The van der Waals surface area contributed by atoms with E-state index in [2.05, 4.69) is 156 Å². The number of rotatable bonds is 7. The summed E-state index contributed by atoms with van der Waals surface area (Å²) in [6.45, 7) is 24.8. The first-order chi connectivity index (χ1) is 20.3. The number of nitrogens with one attached hydrogen (secondary N) is 2. The van der Waals surface area contributed by atoms with Crippen LogP contribution in [-0.4, -0.2) is 41.0 Å². The van der Waals surface area contributed by atoms with Crippen molar-refractivity contribution in [1.82, 2.24) is 20.2 Å². The fourth-order valence-corrected chi connectivity index (χ4v) is 7.13. The first-order valence-corrected chi connectivity index (χ1v) is 16.1. The highest BCUT2D eigenvalue weighted by molar-refractivity contribution is 5.86. The van der Waals surface area contributed by atoms with Gasteiger partial charge in [-0.1, -0.05) is 134 Å². The van der Waals surface area contributed by atoms with E-state index in [1.54, 1.807) is 0 Å².